The minimum atomic E-state index is -1.000. The first-order valence-corrected chi connectivity index (χ1v) is 8.65. The maximum atomic E-state index is 11.2. The van der Waals surface area contributed by atoms with Crippen LogP contribution in [-0.2, 0) is 5.41 Å². The molecule has 0 atom stereocenters. The lowest BCUT2D eigenvalue weighted by Crippen LogP contribution is -2.11. The predicted octanol–water partition coefficient (Wildman–Crippen LogP) is 5.22. The molecule has 0 saturated heterocycles. The molecule has 5 heteroatoms. The second kappa shape index (κ2) is 8.26. The lowest BCUT2D eigenvalue weighted by Gasteiger charge is -2.19. The number of carbonyl (C=O) groups is 1. The van der Waals surface area contributed by atoms with E-state index in [4.69, 9.17) is 16.3 Å². The number of benzene rings is 2. The number of anilines is 1. The fourth-order valence-corrected chi connectivity index (χ4v) is 2.56. The number of aromatic carboxylic acids is 1. The summed E-state index contributed by atoms with van der Waals surface area (Å²) >= 11 is 5.84. The van der Waals surface area contributed by atoms with E-state index in [2.05, 4.69) is 38.2 Å². The van der Waals surface area contributed by atoms with E-state index in [1.807, 2.05) is 12.1 Å². The van der Waals surface area contributed by atoms with Crippen molar-refractivity contribution in [1.82, 2.24) is 0 Å². The normalized spacial score (nSPS) is 11.2. The average molecular weight is 362 g/mol. The Morgan fingerprint density at radius 2 is 1.84 bits per heavy atom. The Bertz CT molecular complexity index is 721. The van der Waals surface area contributed by atoms with E-state index in [9.17, 15) is 9.90 Å². The van der Waals surface area contributed by atoms with Crippen LogP contribution >= 0.6 is 11.6 Å². The van der Waals surface area contributed by atoms with Gasteiger partial charge in [-0.15, -0.1) is 0 Å². The van der Waals surface area contributed by atoms with E-state index < -0.39 is 5.97 Å². The van der Waals surface area contributed by atoms with E-state index in [-0.39, 0.29) is 11.0 Å². The summed E-state index contributed by atoms with van der Waals surface area (Å²) in [6, 6.07) is 12.9. The van der Waals surface area contributed by atoms with Gasteiger partial charge in [-0.25, -0.2) is 4.79 Å². The number of carboxylic acids is 1. The van der Waals surface area contributed by atoms with Crippen molar-refractivity contribution in [2.75, 3.05) is 18.5 Å². The van der Waals surface area contributed by atoms with Crippen molar-refractivity contribution in [3.8, 4) is 5.75 Å². The Balaban J connectivity index is 1.80. The molecule has 2 N–H and O–H groups in total. The second-order valence-corrected chi connectivity index (χ2v) is 7.33. The van der Waals surface area contributed by atoms with Gasteiger partial charge >= 0.3 is 5.97 Å². The molecule has 0 saturated carbocycles. The first-order chi connectivity index (χ1) is 11.8. The lowest BCUT2D eigenvalue weighted by molar-refractivity contribution is 0.0698. The Morgan fingerprint density at radius 3 is 2.44 bits per heavy atom. The molecule has 0 aliphatic carbocycles. The van der Waals surface area contributed by atoms with Crippen LogP contribution in [0.3, 0.4) is 0 Å². The highest BCUT2D eigenvalue weighted by molar-refractivity contribution is 6.31. The van der Waals surface area contributed by atoms with E-state index >= 15 is 0 Å². The number of rotatable bonds is 7. The van der Waals surface area contributed by atoms with Crippen molar-refractivity contribution in [2.24, 2.45) is 0 Å². The summed E-state index contributed by atoms with van der Waals surface area (Å²) in [5, 5.41) is 12.7. The summed E-state index contributed by atoms with van der Waals surface area (Å²) in [5.74, 6) is -0.161. The number of hydrogen-bond acceptors (Lipinski definition) is 3. The van der Waals surface area contributed by atoms with Gasteiger partial charge < -0.3 is 15.2 Å². The van der Waals surface area contributed by atoms with E-state index in [1.54, 1.807) is 12.1 Å². The van der Waals surface area contributed by atoms with Crippen LogP contribution in [-0.4, -0.2) is 24.2 Å². The average Bonchev–Trinajstić information content (AvgIpc) is 2.55. The number of nitrogens with one attached hydrogen (secondary N) is 1. The first kappa shape index (κ1) is 19.1. The number of carboxylic acid groups (broad SMARTS) is 1. The van der Waals surface area contributed by atoms with Crippen LogP contribution in [0.5, 0.6) is 5.75 Å². The van der Waals surface area contributed by atoms with Gasteiger partial charge in [0, 0.05) is 17.3 Å². The molecular formula is C20H24ClNO3. The van der Waals surface area contributed by atoms with E-state index in [0.29, 0.717) is 23.9 Å². The monoisotopic (exact) mass is 361 g/mol. The fraction of sp³-hybridized carbons (Fsp3) is 0.350. The standard InChI is InChI=1S/C20H24ClNO3/c1-20(2,3)14-5-8-16(9-6-14)25-12-4-11-22-18-10-7-15(21)13-17(18)19(23)24/h5-10,13,22H,4,11-12H2,1-3H3,(H,23,24). The third-order valence-electron chi connectivity index (χ3n) is 3.84. The third kappa shape index (κ3) is 5.68. The Kier molecular flexibility index (Phi) is 6.32. The second-order valence-electron chi connectivity index (χ2n) is 6.90. The predicted molar refractivity (Wildman–Crippen MR) is 102 cm³/mol. The summed E-state index contributed by atoms with van der Waals surface area (Å²) < 4.78 is 5.73. The van der Waals surface area contributed by atoms with Gasteiger partial charge in [0.05, 0.1) is 12.2 Å². The topological polar surface area (TPSA) is 58.6 Å². The highest BCUT2D eigenvalue weighted by atomic mass is 35.5. The van der Waals surface area contributed by atoms with Crippen molar-refractivity contribution < 1.29 is 14.6 Å². The number of hydrogen-bond donors (Lipinski definition) is 2. The summed E-state index contributed by atoms with van der Waals surface area (Å²) in [6.07, 6.45) is 0.753. The van der Waals surface area contributed by atoms with Gasteiger partial charge in [-0.2, -0.15) is 0 Å². The molecule has 0 heterocycles. The van der Waals surface area contributed by atoms with Crippen LogP contribution in [0.1, 0.15) is 43.1 Å². The van der Waals surface area contributed by atoms with Crippen LogP contribution in [0.25, 0.3) is 0 Å². The zero-order chi connectivity index (χ0) is 18.4. The molecule has 2 aromatic carbocycles. The van der Waals surface area contributed by atoms with Crippen molar-refractivity contribution in [3.63, 3.8) is 0 Å². The van der Waals surface area contributed by atoms with Gasteiger partial charge in [-0.3, -0.25) is 0 Å². The molecule has 134 valence electrons. The van der Waals surface area contributed by atoms with Gasteiger partial charge in [-0.05, 0) is 47.7 Å². The molecule has 0 unspecified atom stereocenters. The molecular weight excluding hydrogens is 338 g/mol. The summed E-state index contributed by atoms with van der Waals surface area (Å²) in [6.45, 7) is 7.70. The molecule has 0 spiro atoms. The molecule has 0 aromatic heterocycles. The third-order valence-corrected chi connectivity index (χ3v) is 4.07. The maximum Gasteiger partial charge on any atom is 0.337 e. The van der Waals surface area contributed by atoms with Gasteiger partial charge in [-0.1, -0.05) is 44.5 Å². The van der Waals surface area contributed by atoms with Crippen LogP contribution in [0.4, 0.5) is 5.69 Å². The molecule has 2 aromatic rings. The minimum Gasteiger partial charge on any atom is -0.494 e. The molecule has 0 aliphatic rings. The van der Waals surface area contributed by atoms with Crippen LogP contribution in [0.2, 0.25) is 5.02 Å². The molecule has 4 nitrogen and oxygen atoms in total. The largest absolute Gasteiger partial charge is 0.494 e. The molecule has 0 radical (unpaired) electrons. The fourth-order valence-electron chi connectivity index (χ4n) is 2.38. The first-order valence-electron chi connectivity index (χ1n) is 8.27. The Morgan fingerprint density at radius 1 is 1.16 bits per heavy atom. The number of halogens is 1. The molecule has 2 rings (SSSR count). The minimum absolute atomic E-state index is 0.128. The van der Waals surface area contributed by atoms with E-state index in [1.165, 1.54) is 11.6 Å². The summed E-state index contributed by atoms with van der Waals surface area (Å²) in [5.41, 5.74) is 2.13. The maximum absolute atomic E-state index is 11.2. The Labute approximate surface area is 153 Å². The quantitative estimate of drug-likeness (QED) is 0.664. The molecule has 0 fully saturated rings. The smallest absolute Gasteiger partial charge is 0.337 e. The van der Waals surface area contributed by atoms with Crippen LogP contribution < -0.4 is 10.1 Å². The summed E-state index contributed by atoms with van der Waals surface area (Å²) in [4.78, 5) is 11.2. The van der Waals surface area contributed by atoms with Gasteiger partial charge in [0.2, 0.25) is 0 Å². The molecule has 0 amide bonds. The van der Waals surface area contributed by atoms with Crippen molar-refractivity contribution in [1.29, 1.82) is 0 Å². The highest BCUT2D eigenvalue weighted by Gasteiger charge is 2.13. The zero-order valence-electron chi connectivity index (χ0n) is 14.8. The van der Waals surface area contributed by atoms with Gasteiger partial charge in [0.15, 0.2) is 0 Å². The zero-order valence-corrected chi connectivity index (χ0v) is 15.6. The molecule has 0 bridgehead atoms. The van der Waals surface area contributed by atoms with Crippen molar-refractivity contribution >= 4 is 23.3 Å². The summed E-state index contributed by atoms with van der Waals surface area (Å²) in [7, 11) is 0. The number of ether oxygens (including phenoxy) is 1. The highest BCUT2D eigenvalue weighted by Crippen LogP contribution is 2.24. The SMILES string of the molecule is CC(C)(C)c1ccc(OCCCNc2ccc(Cl)cc2C(=O)O)cc1. The van der Waals surface area contributed by atoms with Crippen molar-refractivity contribution in [3.05, 3.63) is 58.6 Å². The molecule has 25 heavy (non-hydrogen) atoms. The van der Waals surface area contributed by atoms with Crippen LogP contribution in [0.15, 0.2) is 42.5 Å². The Hall–Kier alpha value is -2.20. The van der Waals surface area contributed by atoms with Gasteiger partial charge in [0.25, 0.3) is 0 Å². The van der Waals surface area contributed by atoms with Crippen molar-refractivity contribution in [2.45, 2.75) is 32.6 Å². The van der Waals surface area contributed by atoms with Gasteiger partial charge in [0.1, 0.15) is 5.75 Å². The molecule has 0 aliphatic heterocycles. The van der Waals surface area contributed by atoms with Crippen LogP contribution in [0, 0.1) is 0 Å². The lowest BCUT2D eigenvalue weighted by atomic mass is 9.87. The van der Waals surface area contributed by atoms with E-state index in [0.717, 1.165) is 12.2 Å².